The second-order valence-electron chi connectivity index (χ2n) is 6.09. The number of sulfonamides is 1. The molecule has 0 radical (unpaired) electrons. The lowest BCUT2D eigenvalue weighted by Gasteiger charge is -2.20. The van der Waals surface area contributed by atoms with Gasteiger partial charge in [-0.3, -0.25) is 14.4 Å². The van der Waals surface area contributed by atoms with E-state index in [-0.39, 0.29) is 10.6 Å². The Bertz CT molecular complexity index is 1100. The van der Waals surface area contributed by atoms with Gasteiger partial charge in [0.15, 0.2) is 0 Å². The topological polar surface area (TPSA) is 89.8 Å². The summed E-state index contributed by atoms with van der Waals surface area (Å²) in [5.74, 6) is 1.23. The van der Waals surface area contributed by atoms with Crippen LogP contribution in [0.25, 0.3) is 0 Å². The Labute approximate surface area is 163 Å². The summed E-state index contributed by atoms with van der Waals surface area (Å²) in [6.07, 6.45) is 0. The van der Waals surface area contributed by atoms with Crippen molar-refractivity contribution in [1.29, 1.82) is 0 Å². The summed E-state index contributed by atoms with van der Waals surface area (Å²) in [6, 6.07) is 19.6. The van der Waals surface area contributed by atoms with Gasteiger partial charge in [-0.15, -0.1) is 0 Å². The highest BCUT2D eigenvalue weighted by atomic mass is 32.2. The Balaban J connectivity index is 1.85. The van der Waals surface area contributed by atoms with Crippen LogP contribution in [0.1, 0.15) is 5.56 Å². The molecule has 0 saturated heterocycles. The SMILES string of the molecule is Cc1ccc(S(=O)(=O)N(C)c2ccc(Oc3ccccc3)cc2)cc1[N+](=O)[O-]. The third-order valence-corrected chi connectivity index (χ3v) is 6.00. The molecule has 0 aliphatic carbocycles. The average molecular weight is 398 g/mol. The molecular formula is C20H18N2O5S. The minimum Gasteiger partial charge on any atom is -0.457 e. The van der Waals surface area contributed by atoms with Crippen LogP contribution in [0.15, 0.2) is 77.7 Å². The lowest BCUT2D eigenvalue weighted by Crippen LogP contribution is -2.26. The summed E-state index contributed by atoms with van der Waals surface area (Å²) in [7, 11) is -2.55. The van der Waals surface area contributed by atoms with Crippen LogP contribution >= 0.6 is 0 Å². The van der Waals surface area contributed by atoms with Crippen molar-refractivity contribution in [1.82, 2.24) is 0 Å². The van der Waals surface area contributed by atoms with Crippen LogP contribution in [0.3, 0.4) is 0 Å². The van der Waals surface area contributed by atoms with Crippen molar-refractivity contribution in [2.24, 2.45) is 0 Å². The summed E-state index contributed by atoms with van der Waals surface area (Å²) >= 11 is 0. The highest BCUT2D eigenvalue weighted by molar-refractivity contribution is 7.92. The fourth-order valence-electron chi connectivity index (χ4n) is 2.59. The van der Waals surface area contributed by atoms with Gasteiger partial charge in [-0.25, -0.2) is 8.42 Å². The van der Waals surface area contributed by atoms with Gasteiger partial charge in [0.25, 0.3) is 15.7 Å². The van der Waals surface area contributed by atoms with Gasteiger partial charge < -0.3 is 4.74 Å². The van der Waals surface area contributed by atoms with E-state index >= 15 is 0 Å². The Hall–Kier alpha value is -3.39. The number of ether oxygens (including phenoxy) is 1. The minimum absolute atomic E-state index is 0.142. The number of hydrogen-bond donors (Lipinski definition) is 0. The summed E-state index contributed by atoms with van der Waals surface area (Å²) in [5.41, 5.74) is 0.568. The van der Waals surface area contributed by atoms with E-state index in [9.17, 15) is 18.5 Å². The van der Waals surface area contributed by atoms with Crippen LogP contribution in [0.5, 0.6) is 11.5 Å². The zero-order valence-corrected chi connectivity index (χ0v) is 16.1. The number of nitrogens with zero attached hydrogens (tertiary/aromatic N) is 2. The van der Waals surface area contributed by atoms with E-state index in [1.54, 1.807) is 31.2 Å². The molecule has 0 saturated carbocycles. The highest BCUT2D eigenvalue weighted by Crippen LogP contribution is 2.29. The van der Waals surface area contributed by atoms with Crippen LogP contribution in [-0.2, 0) is 10.0 Å². The molecule has 0 aliphatic rings. The molecule has 7 nitrogen and oxygen atoms in total. The van der Waals surface area contributed by atoms with Gasteiger partial charge in [0.05, 0.1) is 15.5 Å². The first-order valence-electron chi connectivity index (χ1n) is 8.36. The van der Waals surface area contributed by atoms with Crippen molar-refractivity contribution in [2.45, 2.75) is 11.8 Å². The Morgan fingerprint density at radius 2 is 1.54 bits per heavy atom. The first-order chi connectivity index (χ1) is 13.3. The molecule has 144 valence electrons. The van der Waals surface area contributed by atoms with Crippen molar-refractivity contribution in [3.05, 3.63) is 88.5 Å². The Morgan fingerprint density at radius 3 is 2.14 bits per heavy atom. The molecule has 0 unspecified atom stereocenters. The van der Waals surface area contributed by atoms with Crippen LogP contribution in [-0.4, -0.2) is 20.4 Å². The van der Waals surface area contributed by atoms with Crippen molar-refractivity contribution in [3.63, 3.8) is 0 Å². The maximum absolute atomic E-state index is 12.9. The highest BCUT2D eigenvalue weighted by Gasteiger charge is 2.24. The number of hydrogen-bond acceptors (Lipinski definition) is 5. The lowest BCUT2D eigenvalue weighted by atomic mass is 10.2. The van der Waals surface area contributed by atoms with Crippen LogP contribution in [0.4, 0.5) is 11.4 Å². The second kappa shape index (κ2) is 7.69. The normalized spacial score (nSPS) is 11.1. The first kappa shape index (κ1) is 19.4. The average Bonchev–Trinajstić information content (AvgIpc) is 2.68. The molecule has 3 aromatic rings. The summed E-state index contributed by atoms with van der Waals surface area (Å²) in [5, 5.41) is 11.1. The Morgan fingerprint density at radius 1 is 0.929 bits per heavy atom. The maximum atomic E-state index is 12.9. The number of nitro benzene ring substituents is 1. The smallest absolute Gasteiger partial charge is 0.273 e. The van der Waals surface area contributed by atoms with Crippen molar-refractivity contribution in [3.8, 4) is 11.5 Å². The monoisotopic (exact) mass is 398 g/mol. The standard InChI is InChI=1S/C20H18N2O5S/c1-15-8-13-19(14-20(15)22(23)24)28(25,26)21(2)16-9-11-18(12-10-16)27-17-6-4-3-5-7-17/h3-14H,1-2H3. The van der Waals surface area contributed by atoms with E-state index in [1.807, 2.05) is 30.3 Å². The predicted molar refractivity (Wildman–Crippen MR) is 106 cm³/mol. The molecule has 28 heavy (non-hydrogen) atoms. The van der Waals surface area contributed by atoms with Crippen LogP contribution in [0.2, 0.25) is 0 Å². The fraction of sp³-hybridized carbons (Fsp3) is 0.100. The number of aryl methyl sites for hydroxylation is 1. The van der Waals surface area contributed by atoms with Gasteiger partial charge >= 0.3 is 0 Å². The quantitative estimate of drug-likeness (QED) is 0.450. The van der Waals surface area contributed by atoms with Crippen molar-refractivity contribution in [2.75, 3.05) is 11.4 Å². The number of para-hydroxylation sites is 1. The summed E-state index contributed by atoms with van der Waals surface area (Å²) < 4.78 is 32.5. The molecule has 0 fully saturated rings. The predicted octanol–water partition coefficient (Wildman–Crippen LogP) is 4.52. The summed E-state index contributed by atoms with van der Waals surface area (Å²) in [6.45, 7) is 1.56. The van der Waals surface area contributed by atoms with E-state index in [0.29, 0.717) is 22.7 Å². The fourth-order valence-corrected chi connectivity index (χ4v) is 3.81. The molecule has 0 aliphatic heterocycles. The third kappa shape index (κ3) is 3.96. The zero-order valence-electron chi connectivity index (χ0n) is 15.3. The number of anilines is 1. The molecule has 3 aromatic carbocycles. The molecule has 0 bridgehead atoms. The van der Waals surface area contributed by atoms with Gasteiger partial charge in [-0.2, -0.15) is 0 Å². The van der Waals surface area contributed by atoms with Gasteiger partial charge in [0.2, 0.25) is 0 Å². The second-order valence-corrected chi connectivity index (χ2v) is 8.06. The zero-order chi connectivity index (χ0) is 20.3. The van der Waals surface area contributed by atoms with Gasteiger partial charge in [-0.05, 0) is 49.4 Å². The van der Waals surface area contributed by atoms with Gasteiger partial charge in [0, 0.05) is 18.7 Å². The molecule has 3 rings (SSSR count). The van der Waals surface area contributed by atoms with Crippen LogP contribution in [0, 0.1) is 17.0 Å². The first-order valence-corrected chi connectivity index (χ1v) is 9.80. The molecule has 0 spiro atoms. The molecular weight excluding hydrogens is 380 g/mol. The number of rotatable bonds is 6. The maximum Gasteiger partial charge on any atom is 0.273 e. The van der Waals surface area contributed by atoms with E-state index in [0.717, 1.165) is 10.4 Å². The molecule has 0 atom stereocenters. The van der Waals surface area contributed by atoms with E-state index in [2.05, 4.69) is 0 Å². The van der Waals surface area contributed by atoms with Gasteiger partial charge in [-0.1, -0.05) is 24.3 Å². The molecule has 0 heterocycles. The summed E-state index contributed by atoms with van der Waals surface area (Å²) in [4.78, 5) is 10.4. The number of nitro groups is 1. The molecule has 0 N–H and O–H groups in total. The van der Waals surface area contributed by atoms with E-state index < -0.39 is 14.9 Å². The van der Waals surface area contributed by atoms with E-state index in [4.69, 9.17) is 4.74 Å². The van der Waals surface area contributed by atoms with Crippen molar-refractivity contribution < 1.29 is 18.1 Å². The third-order valence-electron chi connectivity index (χ3n) is 4.21. The number of benzene rings is 3. The van der Waals surface area contributed by atoms with E-state index in [1.165, 1.54) is 19.2 Å². The van der Waals surface area contributed by atoms with Crippen LogP contribution < -0.4 is 9.04 Å². The molecule has 8 heteroatoms. The molecule has 0 amide bonds. The minimum atomic E-state index is -3.95. The molecule has 0 aromatic heterocycles. The Kier molecular flexibility index (Phi) is 5.32. The lowest BCUT2D eigenvalue weighted by molar-refractivity contribution is -0.385. The van der Waals surface area contributed by atoms with Gasteiger partial charge in [0.1, 0.15) is 11.5 Å². The van der Waals surface area contributed by atoms with Crippen molar-refractivity contribution >= 4 is 21.4 Å². The largest absolute Gasteiger partial charge is 0.457 e.